The first-order valence-corrected chi connectivity index (χ1v) is 6.26. The van der Waals surface area contributed by atoms with Gasteiger partial charge >= 0.3 is 0 Å². The van der Waals surface area contributed by atoms with Crippen LogP contribution in [0.3, 0.4) is 0 Å². The van der Waals surface area contributed by atoms with Gasteiger partial charge in [-0.05, 0) is 24.3 Å². The van der Waals surface area contributed by atoms with Gasteiger partial charge in [0, 0.05) is 12.0 Å². The van der Waals surface area contributed by atoms with Crippen LogP contribution in [-0.4, -0.2) is 36.9 Å². The van der Waals surface area contributed by atoms with Crippen molar-refractivity contribution in [3.05, 3.63) is 30.1 Å². The van der Waals surface area contributed by atoms with E-state index >= 15 is 0 Å². The van der Waals surface area contributed by atoms with E-state index in [9.17, 15) is 8.60 Å². The van der Waals surface area contributed by atoms with Crippen LogP contribution in [0.5, 0.6) is 0 Å². The van der Waals surface area contributed by atoms with Crippen molar-refractivity contribution in [2.75, 3.05) is 32.7 Å². The van der Waals surface area contributed by atoms with E-state index in [1.54, 1.807) is 7.11 Å². The summed E-state index contributed by atoms with van der Waals surface area (Å²) in [5.41, 5.74) is 0. The first-order chi connectivity index (χ1) is 7.74. The fourth-order valence-electron chi connectivity index (χ4n) is 1.08. The number of benzene rings is 1. The van der Waals surface area contributed by atoms with Crippen molar-refractivity contribution in [1.29, 1.82) is 0 Å². The monoisotopic (exact) mass is 246 g/mol. The summed E-state index contributed by atoms with van der Waals surface area (Å²) < 4.78 is 34.3. The van der Waals surface area contributed by atoms with Crippen LogP contribution < -0.4 is 0 Å². The zero-order valence-corrected chi connectivity index (χ0v) is 9.97. The van der Waals surface area contributed by atoms with Crippen molar-refractivity contribution in [2.45, 2.75) is 4.90 Å². The Kier molecular flexibility index (Phi) is 6.22. The molecule has 0 heterocycles. The molecule has 90 valence electrons. The maximum atomic E-state index is 12.6. The molecular weight excluding hydrogens is 231 g/mol. The van der Waals surface area contributed by atoms with Crippen molar-refractivity contribution in [3.63, 3.8) is 0 Å². The zero-order valence-electron chi connectivity index (χ0n) is 9.15. The predicted molar refractivity (Wildman–Crippen MR) is 60.4 cm³/mol. The lowest BCUT2D eigenvalue weighted by Crippen LogP contribution is -2.09. The van der Waals surface area contributed by atoms with Crippen LogP contribution in [0.25, 0.3) is 0 Å². The van der Waals surface area contributed by atoms with Gasteiger partial charge in [0.05, 0.1) is 36.4 Å². The number of methoxy groups -OCH3 is 1. The average Bonchev–Trinajstić information content (AvgIpc) is 2.29. The fourth-order valence-corrected chi connectivity index (χ4v) is 2.03. The van der Waals surface area contributed by atoms with Crippen molar-refractivity contribution < 1.29 is 18.1 Å². The third-order valence-corrected chi connectivity index (χ3v) is 3.26. The lowest BCUT2D eigenvalue weighted by Gasteiger charge is -2.04. The molecular formula is C11H15FO3S. The molecule has 0 bridgehead atoms. The van der Waals surface area contributed by atoms with E-state index in [-0.39, 0.29) is 5.82 Å². The lowest BCUT2D eigenvalue weighted by atomic mass is 10.4. The number of hydrogen-bond donors (Lipinski definition) is 0. The summed E-state index contributed by atoms with van der Waals surface area (Å²) in [6.45, 7) is 1.44. The summed E-state index contributed by atoms with van der Waals surface area (Å²) in [4.78, 5) is 0.622. The van der Waals surface area contributed by atoms with Crippen LogP contribution in [-0.2, 0) is 20.3 Å². The SMILES string of the molecule is COCCOCCS(=O)c1ccc(F)cc1. The molecule has 0 saturated heterocycles. The Labute approximate surface area is 97.0 Å². The molecule has 0 aliphatic carbocycles. The average molecular weight is 246 g/mol. The topological polar surface area (TPSA) is 35.5 Å². The lowest BCUT2D eigenvalue weighted by molar-refractivity contribution is 0.0787. The number of ether oxygens (including phenoxy) is 2. The normalized spacial score (nSPS) is 12.6. The summed E-state index contributed by atoms with van der Waals surface area (Å²) in [6, 6.07) is 5.67. The highest BCUT2D eigenvalue weighted by Gasteiger charge is 2.03. The molecule has 1 atom stereocenters. The largest absolute Gasteiger partial charge is 0.382 e. The van der Waals surface area contributed by atoms with Crippen molar-refractivity contribution in [1.82, 2.24) is 0 Å². The summed E-state index contributed by atoms with van der Waals surface area (Å²) >= 11 is 0. The van der Waals surface area contributed by atoms with Crippen LogP contribution in [0.15, 0.2) is 29.2 Å². The van der Waals surface area contributed by atoms with E-state index < -0.39 is 10.8 Å². The van der Waals surface area contributed by atoms with Gasteiger partial charge in [-0.15, -0.1) is 0 Å². The van der Waals surface area contributed by atoms with E-state index in [2.05, 4.69) is 0 Å². The van der Waals surface area contributed by atoms with Gasteiger partial charge in [0.1, 0.15) is 5.82 Å². The van der Waals surface area contributed by atoms with Gasteiger partial charge in [0.2, 0.25) is 0 Å². The number of hydrogen-bond acceptors (Lipinski definition) is 3. The molecule has 0 fully saturated rings. The smallest absolute Gasteiger partial charge is 0.123 e. The Bertz CT molecular complexity index is 327. The summed E-state index contributed by atoms with van der Waals surface area (Å²) in [6.07, 6.45) is 0. The number of rotatable bonds is 7. The first kappa shape index (κ1) is 13.3. The standard InChI is InChI=1S/C11H15FO3S/c1-14-6-7-15-8-9-16(13)11-4-2-10(12)3-5-11/h2-5H,6-9H2,1H3. The molecule has 0 saturated carbocycles. The summed E-state index contributed by atoms with van der Waals surface area (Å²) in [5.74, 6) is 0.0899. The molecule has 0 aliphatic rings. The maximum absolute atomic E-state index is 12.6. The van der Waals surface area contributed by atoms with Gasteiger partial charge in [0.25, 0.3) is 0 Å². The second kappa shape index (κ2) is 7.49. The molecule has 0 radical (unpaired) electrons. The second-order valence-electron chi connectivity index (χ2n) is 3.11. The van der Waals surface area contributed by atoms with E-state index in [0.717, 1.165) is 0 Å². The Balaban J connectivity index is 2.27. The first-order valence-electron chi connectivity index (χ1n) is 4.94. The van der Waals surface area contributed by atoms with Gasteiger partial charge < -0.3 is 9.47 Å². The quantitative estimate of drug-likeness (QED) is 0.685. The predicted octanol–water partition coefficient (Wildman–Crippen LogP) is 1.60. The van der Waals surface area contributed by atoms with Gasteiger partial charge in [-0.1, -0.05) is 0 Å². The highest BCUT2D eigenvalue weighted by Crippen LogP contribution is 2.07. The minimum absolute atomic E-state index is 0.322. The van der Waals surface area contributed by atoms with Crippen molar-refractivity contribution in [2.24, 2.45) is 0 Å². The van der Waals surface area contributed by atoms with Gasteiger partial charge in [-0.3, -0.25) is 4.21 Å². The highest BCUT2D eigenvalue weighted by molar-refractivity contribution is 7.85. The van der Waals surface area contributed by atoms with Crippen LogP contribution in [0.4, 0.5) is 4.39 Å². The molecule has 0 aromatic heterocycles. The summed E-state index contributed by atoms with van der Waals surface area (Å²) in [7, 11) is 0.468. The molecule has 1 aromatic rings. The van der Waals surface area contributed by atoms with E-state index in [1.807, 2.05) is 0 Å². The molecule has 1 rings (SSSR count). The second-order valence-corrected chi connectivity index (χ2v) is 4.68. The molecule has 0 aliphatic heterocycles. The van der Waals surface area contributed by atoms with Crippen LogP contribution in [0.2, 0.25) is 0 Å². The maximum Gasteiger partial charge on any atom is 0.123 e. The van der Waals surface area contributed by atoms with E-state index in [4.69, 9.17) is 9.47 Å². The molecule has 1 aromatic carbocycles. The summed E-state index contributed by atoms with van der Waals surface area (Å²) in [5, 5.41) is 0. The Morgan fingerprint density at radius 2 is 1.88 bits per heavy atom. The third-order valence-electron chi connectivity index (χ3n) is 1.92. The molecule has 16 heavy (non-hydrogen) atoms. The van der Waals surface area contributed by atoms with Crippen molar-refractivity contribution >= 4 is 10.8 Å². The van der Waals surface area contributed by atoms with E-state index in [1.165, 1.54) is 24.3 Å². The zero-order chi connectivity index (χ0) is 11.8. The van der Waals surface area contributed by atoms with E-state index in [0.29, 0.717) is 30.5 Å². The Morgan fingerprint density at radius 3 is 2.50 bits per heavy atom. The van der Waals surface area contributed by atoms with Crippen molar-refractivity contribution in [3.8, 4) is 0 Å². The minimum atomic E-state index is -1.13. The molecule has 0 amide bonds. The minimum Gasteiger partial charge on any atom is -0.382 e. The Hall–Kier alpha value is -0.780. The number of halogens is 1. The molecule has 0 spiro atoms. The van der Waals surface area contributed by atoms with Gasteiger partial charge in [-0.2, -0.15) is 0 Å². The van der Waals surface area contributed by atoms with Gasteiger partial charge in [-0.25, -0.2) is 4.39 Å². The van der Waals surface area contributed by atoms with Crippen LogP contribution in [0, 0.1) is 5.82 Å². The molecule has 1 unspecified atom stereocenters. The fraction of sp³-hybridized carbons (Fsp3) is 0.455. The highest BCUT2D eigenvalue weighted by atomic mass is 32.2. The molecule has 5 heteroatoms. The Morgan fingerprint density at radius 1 is 1.19 bits per heavy atom. The molecule has 3 nitrogen and oxygen atoms in total. The van der Waals surface area contributed by atoms with Crippen LogP contribution in [0.1, 0.15) is 0 Å². The molecule has 0 N–H and O–H groups in total. The van der Waals surface area contributed by atoms with Gasteiger partial charge in [0.15, 0.2) is 0 Å². The van der Waals surface area contributed by atoms with Crippen LogP contribution >= 0.6 is 0 Å². The third kappa shape index (κ3) is 4.83.